The zero-order valence-corrected chi connectivity index (χ0v) is 7.20. The highest BCUT2D eigenvalue weighted by Crippen LogP contribution is 2.06. The smallest absolute Gasteiger partial charge is 0.303 e. The maximum Gasteiger partial charge on any atom is 0.326 e. The molecule has 0 aliphatic carbocycles. The number of benzene rings is 1. The lowest BCUT2D eigenvalue weighted by Crippen LogP contribution is -2.22. The van der Waals surface area contributed by atoms with Crippen molar-refractivity contribution in [1.29, 1.82) is 0 Å². The molecule has 1 aromatic rings. The molecule has 0 atom stereocenters. The van der Waals surface area contributed by atoms with Crippen molar-refractivity contribution in [3.63, 3.8) is 0 Å². The van der Waals surface area contributed by atoms with Gasteiger partial charge in [-0.05, 0) is 17.7 Å². The van der Waals surface area contributed by atoms with Gasteiger partial charge >= 0.3 is 6.03 Å². The number of amides is 3. The van der Waals surface area contributed by atoms with Crippen LogP contribution in [0, 0.1) is 6.07 Å². The summed E-state index contributed by atoms with van der Waals surface area (Å²) in [5.74, 6) is -0.400. The van der Waals surface area contributed by atoms with Crippen LogP contribution in [-0.4, -0.2) is 11.9 Å². The topological polar surface area (TPSA) is 58.2 Å². The first-order valence-electron chi connectivity index (χ1n) is 4.06. The number of hydrogen-bond donors (Lipinski definition) is 2. The molecule has 4 nitrogen and oxygen atoms in total. The van der Waals surface area contributed by atoms with Crippen LogP contribution in [0.15, 0.2) is 30.0 Å². The van der Waals surface area contributed by atoms with Crippen molar-refractivity contribution in [2.75, 3.05) is 0 Å². The fourth-order valence-corrected chi connectivity index (χ4v) is 1.15. The highest BCUT2D eigenvalue weighted by molar-refractivity contribution is 6.13. The van der Waals surface area contributed by atoms with Crippen molar-refractivity contribution in [3.8, 4) is 0 Å². The summed E-state index contributed by atoms with van der Waals surface area (Å²) in [6.45, 7) is 0. The van der Waals surface area contributed by atoms with Crippen molar-refractivity contribution in [2.24, 2.45) is 0 Å². The number of nitrogens with one attached hydrogen (secondary N) is 2. The molecule has 3 amide bonds. The van der Waals surface area contributed by atoms with Gasteiger partial charge in [0.15, 0.2) is 0 Å². The molecule has 69 valence electrons. The molecule has 0 unspecified atom stereocenters. The van der Waals surface area contributed by atoms with Crippen LogP contribution in [0.4, 0.5) is 4.79 Å². The molecule has 1 aliphatic heterocycles. The van der Waals surface area contributed by atoms with Crippen molar-refractivity contribution < 1.29 is 9.59 Å². The number of hydrogen-bond acceptors (Lipinski definition) is 2. The van der Waals surface area contributed by atoms with Crippen LogP contribution < -0.4 is 10.6 Å². The van der Waals surface area contributed by atoms with E-state index in [1.54, 1.807) is 30.3 Å². The second kappa shape index (κ2) is 3.33. The Bertz CT molecular complexity index is 409. The predicted molar refractivity (Wildman–Crippen MR) is 49.9 cm³/mol. The van der Waals surface area contributed by atoms with E-state index in [2.05, 4.69) is 16.7 Å². The van der Waals surface area contributed by atoms with Crippen molar-refractivity contribution in [1.82, 2.24) is 10.6 Å². The van der Waals surface area contributed by atoms with E-state index < -0.39 is 11.9 Å². The van der Waals surface area contributed by atoms with E-state index in [9.17, 15) is 9.59 Å². The van der Waals surface area contributed by atoms with E-state index in [0.29, 0.717) is 0 Å². The van der Waals surface area contributed by atoms with Crippen LogP contribution in [0.2, 0.25) is 0 Å². The Balaban J connectivity index is 2.28. The molecule has 4 heteroatoms. The van der Waals surface area contributed by atoms with Crippen LogP contribution in [0.3, 0.4) is 0 Å². The molecule has 1 saturated heterocycles. The molecule has 0 aromatic heterocycles. The summed E-state index contributed by atoms with van der Waals surface area (Å²) in [7, 11) is 0. The van der Waals surface area contributed by atoms with E-state index in [-0.39, 0.29) is 5.70 Å². The van der Waals surface area contributed by atoms with Gasteiger partial charge in [-0.2, -0.15) is 0 Å². The molecule has 14 heavy (non-hydrogen) atoms. The Labute approximate surface area is 80.6 Å². The van der Waals surface area contributed by atoms with E-state index in [4.69, 9.17) is 0 Å². The fraction of sp³-hybridized carbons (Fsp3) is 0. The highest BCUT2D eigenvalue weighted by atomic mass is 16.2. The Kier molecular flexibility index (Phi) is 2.02. The van der Waals surface area contributed by atoms with Gasteiger partial charge in [-0.1, -0.05) is 24.3 Å². The Morgan fingerprint density at radius 3 is 2.43 bits per heavy atom. The van der Waals surface area contributed by atoms with Crippen molar-refractivity contribution in [3.05, 3.63) is 41.6 Å². The van der Waals surface area contributed by atoms with Gasteiger partial charge in [-0.3, -0.25) is 10.1 Å². The number of carbonyl (C=O) groups is 2. The van der Waals surface area contributed by atoms with Crippen LogP contribution in [0.5, 0.6) is 0 Å². The molecule has 0 bridgehead atoms. The van der Waals surface area contributed by atoms with Crippen LogP contribution >= 0.6 is 0 Å². The molecule has 1 aliphatic rings. The molecule has 0 saturated carbocycles. The molecule has 1 fully saturated rings. The number of imide groups is 1. The van der Waals surface area contributed by atoms with Gasteiger partial charge in [-0.15, -0.1) is 0 Å². The minimum absolute atomic E-state index is 0.265. The fourth-order valence-electron chi connectivity index (χ4n) is 1.15. The molecule has 1 aromatic carbocycles. The third-order valence-electron chi connectivity index (χ3n) is 1.77. The van der Waals surface area contributed by atoms with Gasteiger partial charge < -0.3 is 5.32 Å². The Morgan fingerprint density at radius 1 is 1.14 bits per heavy atom. The molecule has 0 spiro atoms. The van der Waals surface area contributed by atoms with Gasteiger partial charge in [0.2, 0.25) is 0 Å². The molecule has 2 rings (SSSR count). The Hall–Kier alpha value is -2.10. The number of rotatable bonds is 1. The minimum atomic E-state index is -0.483. The number of carbonyl (C=O) groups excluding carboxylic acids is 2. The molecule has 1 radical (unpaired) electrons. The van der Waals surface area contributed by atoms with Gasteiger partial charge in [0.25, 0.3) is 5.91 Å². The standard InChI is InChI=1S/C10H7N2O2/c13-9-8(11-10(14)12-9)6-7-4-2-1-3-5-7/h2-6H,(H2,11,12,13,14)/b8-6+. The lowest BCUT2D eigenvalue weighted by molar-refractivity contribution is -0.115. The summed E-state index contributed by atoms with van der Waals surface area (Å²) in [5, 5.41) is 4.53. The monoisotopic (exact) mass is 187 g/mol. The van der Waals surface area contributed by atoms with E-state index >= 15 is 0 Å². The summed E-state index contributed by atoms with van der Waals surface area (Å²) < 4.78 is 0. The van der Waals surface area contributed by atoms with Gasteiger partial charge in [0.1, 0.15) is 5.70 Å². The summed E-state index contributed by atoms with van der Waals surface area (Å²) >= 11 is 0. The van der Waals surface area contributed by atoms with Crippen LogP contribution in [0.1, 0.15) is 5.56 Å². The summed E-state index contributed by atoms with van der Waals surface area (Å²) in [4.78, 5) is 21.9. The average Bonchev–Trinajstić information content (AvgIpc) is 2.47. The second-order valence-electron chi connectivity index (χ2n) is 2.80. The highest BCUT2D eigenvalue weighted by Gasteiger charge is 2.22. The van der Waals surface area contributed by atoms with Crippen molar-refractivity contribution >= 4 is 18.0 Å². The first-order valence-corrected chi connectivity index (χ1v) is 4.06. The first kappa shape index (κ1) is 8.50. The largest absolute Gasteiger partial charge is 0.326 e. The second-order valence-corrected chi connectivity index (χ2v) is 2.80. The molecular formula is C10H7N2O2. The Morgan fingerprint density at radius 2 is 1.86 bits per heavy atom. The van der Waals surface area contributed by atoms with Gasteiger partial charge in [0, 0.05) is 0 Å². The predicted octanol–water partition coefficient (Wildman–Crippen LogP) is 0.667. The van der Waals surface area contributed by atoms with Crippen LogP contribution in [-0.2, 0) is 4.79 Å². The summed E-state index contributed by atoms with van der Waals surface area (Å²) in [5.41, 5.74) is 1.11. The average molecular weight is 187 g/mol. The quantitative estimate of drug-likeness (QED) is 0.501. The zero-order valence-electron chi connectivity index (χ0n) is 7.20. The van der Waals surface area contributed by atoms with E-state index in [1.807, 2.05) is 0 Å². The number of urea groups is 1. The third kappa shape index (κ3) is 1.64. The zero-order chi connectivity index (χ0) is 9.97. The lowest BCUT2D eigenvalue weighted by Gasteiger charge is -1.94. The minimum Gasteiger partial charge on any atom is -0.303 e. The molecule has 1 heterocycles. The molecule has 2 N–H and O–H groups in total. The normalized spacial score (nSPS) is 18.1. The van der Waals surface area contributed by atoms with Crippen LogP contribution in [0.25, 0.3) is 6.08 Å². The maximum absolute atomic E-state index is 11.1. The van der Waals surface area contributed by atoms with E-state index in [0.717, 1.165) is 5.56 Å². The third-order valence-corrected chi connectivity index (χ3v) is 1.77. The van der Waals surface area contributed by atoms with E-state index in [1.165, 1.54) is 0 Å². The van der Waals surface area contributed by atoms with Crippen molar-refractivity contribution in [2.45, 2.75) is 0 Å². The SMILES string of the molecule is O=C1NC(=O)/C(=C\c2cc[c]cc2)N1. The lowest BCUT2D eigenvalue weighted by atomic mass is 10.2. The maximum atomic E-state index is 11.1. The summed E-state index contributed by atoms with van der Waals surface area (Å²) in [6.07, 6.45) is 1.61. The summed E-state index contributed by atoms with van der Waals surface area (Å²) in [6, 6.07) is 9.44. The first-order chi connectivity index (χ1) is 6.75. The van der Waals surface area contributed by atoms with Gasteiger partial charge in [-0.25, -0.2) is 4.79 Å². The molecular weight excluding hydrogens is 180 g/mol. The van der Waals surface area contributed by atoms with Gasteiger partial charge in [0.05, 0.1) is 0 Å².